The van der Waals surface area contributed by atoms with Crippen molar-refractivity contribution >= 4 is 16.5 Å². The maximum atomic E-state index is 5.69. The molecule has 1 saturated carbocycles. The summed E-state index contributed by atoms with van der Waals surface area (Å²) in [7, 11) is 2.10. The number of aromatic nitrogens is 1. The maximum absolute atomic E-state index is 5.69. The summed E-state index contributed by atoms with van der Waals surface area (Å²) in [6, 6.07) is 0. The number of nitrogens with zero attached hydrogens (tertiary/aromatic N) is 2. The highest BCUT2D eigenvalue weighted by atomic mass is 32.1. The fraction of sp³-hybridized carbons (Fsp3) is 0.800. The normalized spacial score (nSPS) is 14.8. The molecule has 1 fully saturated rings. The smallest absolute Gasteiger partial charge is 0.185 e. The maximum Gasteiger partial charge on any atom is 0.185 e. The van der Waals surface area contributed by atoms with Gasteiger partial charge in [0.05, 0.1) is 12.3 Å². The molecule has 2 rings (SSSR count). The summed E-state index contributed by atoms with van der Waals surface area (Å²) >= 11 is 1.79. The van der Waals surface area contributed by atoms with Gasteiger partial charge in [-0.2, -0.15) is 0 Å². The molecule has 0 amide bonds. The lowest BCUT2D eigenvalue weighted by molar-refractivity contribution is 0.131. The zero-order valence-electron chi connectivity index (χ0n) is 12.9. The summed E-state index contributed by atoms with van der Waals surface area (Å²) in [5.41, 5.74) is 1.15. The van der Waals surface area contributed by atoms with Gasteiger partial charge in [-0.05, 0) is 38.6 Å². The first-order valence-electron chi connectivity index (χ1n) is 7.66. The number of thiazole rings is 1. The molecule has 0 aliphatic heterocycles. The van der Waals surface area contributed by atoms with Crippen molar-refractivity contribution in [2.75, 3.05) is 38.3 Å². The van der Waals surface area contributed by atoms with E-state index in [1.54, 1.807) is 11.3 Å². The molecule has 1 aliphatic rings. The number of ether oxygens (including phenoxy) is 1. The summed E-state index contributed by atoms with van der Waals surface area (Å²) < 4.78 is 5.69. The summed E-state index contributed by atoms with van der Waals surface area (Å²) in [6.45, 7) is 8.95. The highest BCUT2D eigenvalue weighted by molar-refractivity contribution is 7.15. The first-order valence-corrected chi connectivity index (χ1v) is 8.48. The van der Waals surface area contributed by atoms with Gasteiger partial charge >= 0.3 is 0 Å². The molecule has 0 spiro atoms. The second-order valence-electron chi connectivity index (χ2n) is 5.62. The Hall–Kier alpha value is -0.650. The second-order valence-corrected chi connectivity index (χ2v) is 6.68. The van der Waals surface area contributed by atoms with E-state index in [1.807, 2.05) is 0 Å². The van der Waals surface area contributed by atoms with Crippen molar-refractivity contribution in [3.05, 3.63) is 10.6 Å². The van der Waals surface area contributed by atoms with Crippen LogP contribution in [0.4, 0.5) is 5.13 Å². The van der Waals surface area contributed by atoms with E-state index in [-0.39, 0.29) is 0 Å². The quantitative estimate of drug-likeness (QED) is 0.674. The molecule has 0 bridgehead atoms. The molecule has 5 heteroatoms. The predicted molar refractivity (Wildman–Crippen MR) is 85.7 cm³/mol. The number of nitrogens with one attached hydrogen (secondary N) is 1. The minimum absolute atomic E-state index is 0.801. The monoisotopic (exact) mass is 297 g/mol. The van der Waals surface area contributed by atoms with Crippen molar-refractivity contribution in [3.8, 4) is 0 Å². The SMILES string of the molecule is CCCNCc1sc(N(C)CCOCC2CC2)nc1C. The van der Waals surface area contributed by atoms with Gasteiger partial charge in [0.25, 0.3) is 0 Å². The molecule has 0 unspecified atom stereocenters. The van der Waals surface area contributed by atoms with E-state index >= 15 is 0 Å². The Morgan fingerprint density at radius 1 is 1.45 bits per heavy atom. The average molecular weight is 297 g/mol. The van der Waals surface area contributed by atoms with Gasteiger partial charge in [-0.3, -0.25) is 0 Å². The lowest BCUT2D eigenvalue weighted by Gasteiger charge is -2.15. The highest BCUT2D eigenvalue weighted by Crippen LogP contribution is 2.29. The second kappa shape index (κ2) is 7.96. The molecule has 1 N–H and O–H groups in total. The number of hydrogen-bond acceptors (Lipinski definition) is 5. The van der Waals surface area contributed by atoms with Gasteiger partial charge in [0.1, 0.15) is 0 Å². The van der Waals surface area contributed by atoms with E-state index < -0.39 is 0 Å². The van der Waals surface area contributed by atoms with Crippen molar-refractivity contribution < 1.29 is 4.74 Å². The Kier molecular flexibility index (Phi) is 6.26. The molecule has 114 valence electrons. The van der Waals surface area contributed by atoms with Crippen LogP contribution >= 0.6 is 11.3 Å². The molecule has 1 aromatic heterocycles. The summed E-state index contributed by atoms with van der Waals surface area (Å²) in [5, 5.41) is 4.55. The van der Waals surface area contributed by atoms with Crippen LogP contribution in [-0.4, -0.2) is 38.3 Å². The van der Waals surface area contributed by atoms with E-state index in [1.165, 1.54) is 24.1 Å². The van der Waals surface area contributed by atoms with Crippen LogP contribution < -0.4 is 10.2 Å². The Labute approximate surface area is 126 Å². The largest absolute Gasteiger partial charge is 0.379 e. The van der Waals surface area contributed by atoms with E-state index in [2.05, 4.69) is 36.1 Å². The van der Waals surface area contributed by atoms with Crippen LogP contribution in [0.5, 0.6) is 0 Å². The highest BCUT2D eigenvalue weighted by Gasteiger charge is 2.21. The minimum atomic E-state index is 0.801. The van der Waals surface area contributed by atoms with Crippen LogP contribution in [0.3, 0.4) is 0 Å². The Balaban J connectivity index is 1.73. The van der Waals surface area contributed by atoms with Crippen molar-refractivity contribution in [1.82, 2.24) is 10.3 Å². The Morgan fingerprint density at radius 2 is 2.25 bits per heavy atom. The van der Waals surface area contributed by atoms with Crippen molar-refractivity contribution in [2.45, 2.75) is 39.7 Å². The van der Waals surface area contributed by atoms with E-state index in [0.29, 0.717) is 0 Å². The van der Waals surface area contributed by atoms with Crippen molar-refractivity contribution in [2.24, 2.45) is 5.92 Å². The number of anilines is 1. The molecule has 1 aliphatic carbocycles. The van der Waals surface area contributed by atoms with Gasteiger partial charge in [0, 0.05) is 31.6 Å². The van der Waals surface area contributed by atoms with Gasteiger partial charge in [-0.1, -0.05) is 6.92 Å². The number of hydrogen-bond donors (Lipinski definition) is 1. The van der Waals surface area contributed by atoms with Crippen molar-refractivity contribution in [3.63, 3.8) is 0 Å². The first kappa shape index (κ1) is 15.7. The van der Waals surface area contributed by atoms with E-state index in [4.69, 9.17) is 4.74 Å². The molecule has 4 nitrogen and oxygen atoms in total. The summed E-state index contributed by atoms with van der Waals surface area (Å²) in [5.74, 6) is 0.846. The van der Waals surface area contributed by atoms with Gasteiger partial charge in [-0.25, -0.2) is 4.98 Å². The number of rotatable bonds is 10. The van der Waals surface area contributed by atoms with Crippen LogP contribution in [0.1, 0.15) is 36.8 Å². The number of likely N-dealkylation sites (N-methyl/N-ethyl adjacent to an activating group) is 1. The topological polar surface area (TPSA) is 37.4 Å². The zero-order chi connectivity index (χ0) is 14.4. The Bertz CT molecular complexity index is 404. The minimum Gasteiger partial charge on any atom is -0.379 e. The van der Waals surface area contributed by atoms with Crippen LogP contribution in [0.25, 0.3) is 0 Å². The fourth-order valence-corrected chi connectivity index (χ4v) is 2.97. The summed E-state index contributed by atoms with van der Waals surface area (Å²) in [4.78, 5) is 8.21. The summed E-state index contributed by atoms with van der Waals surface area (Å²) in [6.07, 6.45) is 3.88. The molecule has 0 atom stereocenters. The third-order valence-corrected chi connectivity index (χ3v) is 4.81. The lowest BCUT2D eigenvalue weighted by atomic mass is 10.4. The molecular weight excluding hydrogens is 270 g/mol. The lowest BCUT2D eigenvalue weighted by Crippen LogP contribution is -2.22. The molecule has 0 saturated heterocycles. The van der Waals surface area contributed by atoms with Crippen molar-refractivity contribution in [1.29, 1.82) is 0 Å². The van der Waals surface area contributed by atoms with Gasteiger partial charge in [-0.15, -0.1) is 11.3 Å². The van der Waals surface area contributed by atoms with Crippen LogP contribution in [0.15, 0.2) is 0 Å². The average Bonchev–Trinajstić information content (AvgIpc) is 3.18. The van der Waals surface area contributed by atoms with Crippen LogP contribution in [0, 0.1) is 12.8 Å². The van der Waals surface area contributed by atoms with Crippen LogP contribution in [-0.2, 0) is 11.3 Å². The van der Waals surface area contributed by atoms with E-state index in [9.17, 15) is 0 Å². The molecule has 1 aromatic rings. The van der Waals surface area contributed by atoms with E-state index in [0.717, 1.165) is 49.6 Å². The van der Waals surface area contributed by atoms with Gasteiger partial charge < -0.3 is 15.0 Å². The zero-order valence-corrected chi connectivity index (χ0v) is 13.8. The van der Waals surface area contributed by atoms with Gasteiger partial charge in [0.2, 0.25) is 0 Å². The molecule has 1 heterocycles. The predicted octanol–water partition coefficient (Wildman–Crippen LogP) is 2.81. The fourth-order valence-electron chi connectivity index (χ4n) is 1.95. The number of aryl methyl sites for hydroxylation is 1. The molecule has 20 heavy (non-hydrogen) atoms. The molecule has 0 radical (unpaired) electrons. The molecule has 0 aromatic carbocycles. The third kappa shape index (κ3) is 5.04. The standard InChI is InChI=1S/C15H27N3OS/c1-4-7-16-10-14-12(2)17-15(20-14)18(3)8-9-19-11-13-5-6-13/h13,16H,4-11H2,1-3H3. The Morgan fingerprint density at radius 3 is 2.95 bits per heavy atom. The van der Waals surface area contributed by atoms with Crippen LogP contribution in [0.2, 0.25) is 0 Å². The molecular formula is C15H27N3OS. The third-order valence-electron chi connectivity index (χ3n) is 3.54. The first-order chi connectivity index (χ1) is 9.70. The van der Waals surface area contributed by atoms with Gasteiger partial charge in [0.15, 0.2) is 5.13 Å².